The molecule has 2 amide bonds. The summed E-state index contributed by atoms with van der Waals surface area (Å²) in [4.78, 5) is 25.0. The first kappa shape index (κ1) is 17.4. The quantitative estimate of drug-likeness (QED) is 0.795. The lowest BCUT2D eigenvalue weighted by atomic mass is 10.00. The molecular weight excluding hydrogens is 312 g/mol. The highest BCUT2D eigenvalue weighted by Crippen LogP contribution is 2.30. The van der Waals surface area contributed by atoms with Gasteiger partial charge in [0.05, 0.1) is 0 Å². The number of hydrogen-bond donors (Lipinski definition) is 0. The molecule has 130 valence electrons. The number of nitrogens with zero attached hydrogens (tertiary/aromatic N) is 2. The summed E-state index contributed by atoms with van der Waals surface area (Å²) in [7, 11) is 0. The highest BCUT2D eigenvalue weighted by atomic mass is 16.2. The molecular formula is C21H24N2O2. The molecule has 0 aliphatic carbocycles. The van der Waals surface area contributed by atoms with Crippen molar-refractivity contribution in [3.63, 3.8) is 0 Å². The largest absolute Gasteiger partial charge is 0.273 e. The molecule has 1 atom stereocenters. The standard InChI is InChI=1S/C21H24N2O2/c1-4-8-20(24)23-21(25)13-19(15(2)3)22(23)14-17-11-7-10-16-9-5-6-12-18(16)17/h4-12,15,19H,13-14H2,1-3H3/b8-4+/t19-/m0/s1. The Balaban J connectivity index is 2.00. The van der Waals surface area contributed by atoms with Gasteiger partial charge in [-0.15, -0.1) is 0 Å². The summed E-state index contributed by atoms with van der Waals surface area (Å²) in [5, 5.41) is 5.59. The lowest BCUT2D eigenvalue weighted by Gasteiger charge is -2.32. The van der Waals surface area contributed by atoms with Crippen LogP contribution in [-0.4, -0.2) is 27.9 Å². The summed E-state index contributed by atoms with van der Waals surface area (Å²) in [6.07, 6.45) is 3.51. The first-order chi connectivity index (χ1) is 12.0. The Kier molecular flexibility index (Phi) is 5.00. The number of carbonyl (C=O) groups excluding carboxylic acids is 2. The van der Waals surface area contributed by atoms with E-state index < -0.39 is 0 Å². The van der Waals surface area contributed by atoms with E-state index in [2.05, 4.69) is 38.1 Å². The van der Waals surface area contributed by atoms with Gasteiger partial charge in [0.2, 0.25) is 5.91 Å². The van der Waals surface area contributed by atoms with Gasteiger partial charge in [-0.05, 0) is 29.2 Å². The van der Waals surface area contributed by atoms with Crippen LogP contribution in [0.25, 0.3) is 10.8 Å². The Bertz CT molecular complexity index is 820. The minimum atomic E-state index is -0.268. The number of hydrazine groups is 1. The average molecular weight is 336 g/mol. The number of benzene rings is 2. The number of fused-ring (bicyclic) bond motifs is 1. The summed E-state index contributed by atoms with van der Waals surface area (Å²) in [5.74, 6) is -0.111. The van der Waals surface area contributed by atoms with Gasteiger partial charge < -0.3 is 0 Å². The van der Waals surface area contributed by atoms with Gasteiger partial charge in [-0.3, -0.25) is 9.59 Å². The predicted molar refractivity (Wildman–Crippen MR) is 99.4 cm³/mol. The van der Waals surface area contributed by atoms with Crippen LogP contribution >= 0.6 is 0 Å². The summed E-state index contributed by atoms with van der Waals surface area (Å²) in [6, 6.07) is 14.4. The summed E-state index contributed by atoms with van der Waals surface area (Å²) in [6.45, 7) is 6.52. The van der Waals surface area contributed by atoms with Crippen LogP contribution in [-0.2, 0) is 16.1 Å². The Morgan fingerprint density at radius 2 is 1.92 bits per heavy atom. The zero-order valence-electron chi connectivity index (χ0n) is 15.0. The maximum absolute atomic E-state index is 12.5. The third-order valence-corrected chi connectivity index (χ3v) is 4.76. The van der Waals surface area contributed by atoms with E-state index in [1.807, 2.05) is 23.2 Å². The minimum Gasteiger partial charge on any atom is -0.273 e. The van der Waals surface area contributed by atoms with E-state index in [4.69, 9.17) is 0 Å². The van der Waals surface area contributed by atoms with Crippen LogP contribution in [0.3, 0.4) is 0 Å². The van der Waals surface area contributed by atoms with E-state index >= 15 is 0 Å². The van der Waals surface area contributed by atoms with Crippen molar-refractivity contribution in [2.45, 2.75) is 39.8 Å². The van der Waals surface area contributed by atoms with Crippen LogP contribution in [0.1, 0.15) is 32.8 Å². The maximum Gasteiger partial charge on any atom is 0.267 e. The van der Waals surface area contributed by atoms with Crippen LogP contribution in [0.15, 0.2) is 54.6 Å². The summed E-state index contributed by atoms with van der Waals surface area (Å²) in [5.41, 5.74) is 1.12. The molecule has 1 aliphatic heterocycles. The normalized spacial score (nSPS) is 18.8. The fourth-order valence-corrected chi connectivity index (χ4v) is 3.50. The zero-order chi connectivity index (χ0) is 18.0. The minimum absolute atomic E-state index is 0.0284. The topological polar surface area (TPSA) is 40.6 Å². The number of imide groups is 1. The fraction of sp³-hybridized carbons (Fsp3) is 0.333. The van der Waals surface area contributed by atoms with E-state index in [0.717, 1.165) is 16.3 Å². The molecule has 0 unspecified atom stereocenters. The van der Waals surface area contributed by atoms with Gasteiger partial charge in [-0.25, -0.2) is 10.0 Å². The zero-order valence-corrected chi connectivity index (χ0v) is 15.0. The second-order valence-electron chi connectivity index (χ2n) is 6.80. The fourth-order valence-electron chi connectivity index (χ4n) is 3.50. The Hall–Kier alpha value is -2.46. The number of amides is 2. The molecule has 0 aromatic heterocycles. The Morgan fingerprint density at radius 3 is 2.64 bits per heavy atom. The monoisotopic (exact) mass is 336 g/mol. The Labute approximate surface area is 148 Å². The second kappa shape index (κ2) is 7.19. The number of hydrogen-bond acceptors (Lipinski definition) is 3. The van der Waals surface area contributed by atoms with Gasteiger partial charge in [-0.2, -0.15) is 0 Å². The van der Waals surface area contributed by atoms with Gasteiger partial charge in [-0.1, -0.05) is 62.4 Å². The summed E-state index contributed by atoms with van der Waals surface area (Å²) < 4.78 is 0. The van der Waals surface area contributed by atoms with E-state index in [1.165, 1.54) is 11.1 Å². The summed E-state index contributed by atoms with van der Waals surface area (Å²) >= 11 is 0. The number of allylic oxidation sites excluding steroid dienone is 1. The SMILES string of the molecule is C/C=C/C(=O)N1C(=O)C[C@@H](C(C)C)N1Cc1cccc2ccccc12. The molecule has 1 fully saturated rings. The molecule has 4 heteroatoms. The third kappa shape index (κ3) is 3.35. The molecule has 0 spiro atoms. The molecule has 0 radical (unpaired) electrons. The van der Waals surface area contributed by atoms with E-state index in [-0.39, 0.29) is 23.8 Å². The lowest BCUT2D eigenvalue weighted by Crippen LogP contribution is -2.46. The third-order valence-electron chi connectivity index (χ3n) is 4.76. The van der Waals surface area contributed by atoms with Gasteiger partial charge in [0.25, 0.3) is 5.91 Å². The number of rotatable bonds is 4. The van der Waals surface area contributed by atoms with Gasteiger partial charge in [0, 0.05) is 25.1 Å². The lowest BCUT2D eigenvalue weighted by molar-refractivity contribution is -0.155. The van der Waals surface area contributed by atoms with Crippen LogP contribution in [0, 0.1) is 5.92 Å². The van der Waals surface area contributed by atoms with Crippen molar-refractivity contribution >= 4 is 22.6 Å². The predicted octanol–water partition coefficient (Wildman–Crippen LogP) is 3.92. The van der Waals surface area contributed by atoms with E-state index in [9.17, 15) is 9.59 Å². The van der Waals surface area contributed by atoms with Crippen molar-refractivity contribution in [2.24, 2.45) is 5.92 Å². The van der Waals surface area contributed by atoms with Gasteiger partial charge in [0.1, 0.15) is 0 Å². The first-order valence-electron chi connectivity index (χ1n) is 8.75. The van der Waals surface area contributed by atoms with Crippen molar-refractivity contribution in [3.05, 3.63) is 60.2 Å². The molecule has 0 N–H and O–H groups in total. The van der Waals surface area contributed by atoms with Crippen LogP contribution in [0.5, 0.6) is 0 Å². The smallest absolute Gasteiger partial charge is 0.267 e. The van der Waals surface area contributed by atoms with E-state index in [0.29, 0.717) is 13.0 Å². The van der Waals surface area contributed by atoms with Crippen molar-refractivity contribution in [3.8, 4) is 0 Å². The molecule has 25 heavy (non-hydrogen) atoms. The highest BCUT2D eigenvalue weighted by Gasteiger charge is 2.42. The molecule has 0 bridgehead atoms. The van der Waals surface area contributed by atoms with Crippen molar-refractivity contribution in [1.29, 1.82) is 0 Å². The molecule has 1 saturated heterocycles. The highest BCUT2D eigenvalue weighted by molar-refractivity contribution is 6.01. The van der Waals surface area contributed by atoms with Crippen LogP contribution in [0.4, 0.5) is 0 Å². The Morgan fingerprint density at radius 1 is 1.20 bits per heavy atom. The molecule has 1 aliphatic rings. The molecule has 3 rings (SSSR count). The second-order valence-corrected chi connectivity index (χ2v) is 6.80. The van der Waals surface area contributed by atoms with E-state index in [1.54, 1.807) is 13.0 Å². The van der Waals surface area contributed by atoms with Crippen molar-refractivity contribution < 1.29 is 9.59 Å². The molecule has 4 nitrogen and oxygen atoms in total. The maximum atomic E-state index is 12.5. The van der Waals surface area contributed by atoms with Gasteiger partial charge >= 0.3 is 0 Å². The van der Waals surface area contributed by atoms with Crippen molar-refractivity contribution in [2.75, 3.05) is 0 Å². The first-order valence-corrected chi connectivity index (χ1v) is 8.75. The van der Waals surface area contributed by atoms with Crippen LogP contribution in [0.2, 0.25) is 0 Å². The molecule has 0 saturated carbocycles. The number of carbonyl (C=O) groups is 2. The van der Waals surface area contributed by atoms with Crippen LogP contribution < -0.4 is 0 Å². The molecule has 2 aromatic carbocycles. The van der Waals surface area contributed by atoms with Gasteiger partial charge in [0.15, 0.2) is 0 Å². The molecule has 2 aromatic rings. The molecule has 1 heterocycles. The average Bonchev–Trinajstić information content (AvgIpc) is 2.92. The van der Waals surface area contributed by atoms with Crippen molar-refractivity contribution in [1.82, 2.24) is 10.0 Å².